The van der Waals surface area contributed by atoms with Gasteiger partial charge in [-0.3, -0.25) is 9.78 Å². The zero-order valence-electron chi connectivity index (χ0n) is 14.4. The predicted octanol–water partition coefficient (Wildman–Crippen LogP) is 4.34. The number of nitrogens with two attached hydrogens (primary N) is 1. The lowest BCUT2D eigenvalue weighted by Gasteiger charge is -2.11. The molecule has 26 heavy (non-hydrogen) atoms. The van der Waals surface area contributed by atoms with Gasteiger partial charge >= 0.3 is 0 Å². The van der Waals surface area contributed by atoms with E-state index in [2.05, 4.69) is 35.0 Å². The van der Waals surface area contributed by atoms with Crippen molar-refractivity contribution in [2.45, 2.75) is 32.1 Å². The zero-order chi connectivity index (χ0) is 17.2. The summed E-state index contributed by atoms with van der Waals surface area (Å²) in [6.07, 6.45) is 4.60. The molecule has 134 valence electrons. The Balaban J connectivity index is 0.00000196. The van der Waals surface area contributed by atoms with Gasteiger partial charge in [-0.2, -0.15) is 11.3 Å². The highest BCUT2D eigenvalue weighted by atomic mass is 35.5. The van der Waals surface area contributed by atoms with E-state index < -0.39 is 0 Å². The van der Waals surface area contributed by atoms with Gasteiger partial charge in [0.05, 0.1) is 12.1 Å². The lowest BCUT2D eigenvalue weighted by Crippen LogP contribution is -2.13. The average Bonchev–Trinajstić information content (AvgIpc) is 3.27. The van der Waals surface area contributed by atoms with E-state index in [1.54, 1.807) is 11.3 Å². The van der Waals surface area contributed by atoms with E-state index in [9.17, 15) is 4.79 Å². The molecule has 1 amide bonds. The maximum absolute atomic E-state index is 11.0. The summed E-state index contributed by atoms with van der Waals surface area (Å²) in [5.41, 5.74) is 13.9. The van der Waals surface area contributed by atoms with Crippen molar-refractivity contribution >= 4 is 29.7 Å². The highest BCUT2D eigenvalue weighted by molar-refractivity contribution is 7.08. The molecular weight excluding hydrogens is 364 g/mol. The van der Waals surface area contributed by atoms with Gasteiger partial charge in [-0.15, -0.1) is 12.4 Å². The predicted molar refractivity (Wildman–Crippen MR) is 109 cm³/mol. The first kappa shape index (κ1) is 18.6. The van der Waals surface area contributed by atoms with Crippen LogP contribution in [0.15, 0.2) is 47.2 Å². The molecular formula is C21H21ClN2OS. The van der Waals surface area contributed by atoms with Crippen molar-refractivity contribution < 1.29 is 4.79 Å². The van der Waals surface area contributed by atoms with Crippen LogP contribution in [0.5, 0.6) is 0 Å². The summed E-state index contributed by atoms with van der Waals surface area (Å²) < 4.78 is 0. The second-order valence-electron chi connectivity index (χ2n) is 6.59. The number of pyridine rings is 1. The summed E-state index contributed by atoms with van der Waals surface area (Å²) in [5.74, 6) is -0.292. The molecule has 1 aliphatic rings. The molecule has 1 aromatic carbocycles. The van der Waals surface area contributed by atoms with Crippen LogP contribution in [0.4, 0.5) is 0 Å². The van der Waals surface area contributed by atoms with Gasteiger partial charge in [0.15, 0.2) is 0 Å². The number of thiophene rings is 1. The van der Waals surface area contributed by atoms with Gasteiger partial charge in [-0.05, 0) is 65.4 Å². The molecule has 5 heteroatoms. The molecule has 0 saturated carbocycles. The Labute approximate surface area is 163 Å². The number of fused-ring (bicyclic) bond motifs is 1. The second kappa shape index (κ2) is 8.02. The molecule has 3 aromatic rings. The average molecular weight is 385 g/mol. The van der Waals surface area contributed by atoms with Crippen LogP contribution in [0.1, 0.15) is 34.4 Å². The normalized spacial score (nSPS) is 12.5. The maximum Gasteiger partial charge on any atom is 0.221 e. The molecule has 3 nitrogen and oxygen atoms in total. The maximum atomic E-state index is 11.0. The van der Waals surface area contributed by atoms with Gasteiger partial charge in [-0.25, -0.2) is 0 Å². The molecule has 0 radical (unpaired) electrons. The number of aryl methyl sites for hydroxylation is 1. The molecule has 0 fully saturated rings. The number of benzene rings is 1. The largest absolute Gasteiger partial charge is 0.369 e. The Hall–Kier alpha value is -2.17. The summed E-state index contributed by atoms with van der Waals surface area (Å²) in [7, 11) is 0. The molecule has 2 N–H and O–H groups in total. The molecule has 0 bridgehead atoms. The van der Waals surface area contributed by atoms with Gasteiger partial charge in [0, 0.05) is 16.6 Å². The molecule has 0 saturated heterocycles. The van der Waals surface area contributed by atoms with Gasteiger partial charge < -0.3 is 5.73 Å². The molecule has 0 unspecified atom stereocenters. The highest BCUT2D eigenvalue weighted by Gasteiger charge is 2.18. The lowest BCUT2D eigenvalue weighted by atomic mass is 9.97. The zero-order valence-corrected chi connectivity index (χ0v) is 16.0. The first-order chi connectivity index (χ1) is 12.2. The third-order valence-corrected chi connectivity index (χ3v) is 5.44. The summed E-state index contributed by atoms with van der Waals surface area (Å²) in [6, 6.07) is 12.6. The fourth-order valence-electron chi connectivity index (χ4n) is 3.54. The Morgan fingerprint density at radius 1 is 1.12 bits per heavy atom. The first-order valence-corrected chi connectivity index (χ1v) is 9.53. The molecule has 0 atom stereocenters. The van der Waals surface area contributed by atoms with Crippen molar-refractivity contribution in [3.05, 3.63) is 75.1 Å². The third-order valence-electron chi connectivity index (χ3n) is 4.76. The van der Waals surface area contributed by atoms with Crippen LogP contribution < -0.4 is 5.73 Å². The molecule has 1 aliphatic carbocycles. The molecule has 2 aromatic heterocycles. The number of primary amides is 1. The number of rotatable bonds is 5. The Morgan fingerprint density at radius 3 is 2.58 bits per heavy atom. The van der Waals surface area contributed by atoms with Gasteiger partial charge in [-0.1, -0.05) is 24.3 Å². The second-order valence-corrected chi connectivity index (χ2v) is 7.37. The summed E-state index contributed by atoms with van der Waals surface area (Å²) in [6.45, 7) is 0. The fraction of sp³-hybridized carbons (Fsp3) is 0.238. The molecule has 2 heterocycles. The standard InChI is InChI=1S/C21H20N2OS.ClH/c22-21(24)11-15-6-4-14(5-7-15)10-17-12-20(16-8-9-25-13-16)23-19-3-1-2-18(17)19;/h4-9,12-13H,1-3,10-11H2,(H2,22,24);1H. The minimum absolute atomic E-state index is 0. The van der Waals surface area contributed by atoms with Gasteiger partial charge in [0.2, 0.25) is 5.91 Å². The number of amides is 1. The van der Waals surface area contributed by atoms with E-state index in [-0.39, 0.29) is 18.3 Å². The van der Waals surface area contributed by atoms with Crippen LogP contribution in [0.3, 0.4) is 0 Å². The highest BCUT2D eigenvalue weighted by Crippen LogP contribution is 2.30. The van der Waals surface area contributed by atoms with E-state index >= 15 is 0 Å². The molecule has 0 aliphatic heterocycles. The summed E-state index contributed by atoms with van der Waals surface area (Å²) >= 11 is 1.71. The first-order valence-electron chi connectivity index (χ1n) is 8.59. The number of hydrogen-bond acceptors (Lipinski definition) is 3. The van der Waals surface area contributed by atoms with Crippen LogP contribution in [0, 0.1) is 0 Å². The van der Waals surface area contributed by atoms with Crippen molar-refractivity contribution in [2.24, 2.45) is 5.73 Å². The van der Waals surface area contributed by atoms with E-state index in [1.165, 1.54) is 34.4 Å². The minimum Gasteiger partial charge on any atom is -0.369 e. The van der Waals surface area contributed by atoms with Crippen LogP contribution in [-0.4, -0.2) is 10.9 Å². The monoisotopic (exact) mass is 384 g/mol. The van der Waals surface area contributed by atoms with E-state index in [1.807, 2.05) is 12.1 Å². The third kappa shape index (κ3) is 3.97. The lowest BCUT2D eigenvalue weighted by molar-refractivity contribution is -0.117. The fourth-order valence-corrected chi connectivity index (χ4v) is 4.19. The Bertz CT molecular complexity index is 905. The molecule has 4 rings (SSSR count). The summed E-state index contributed by atoms with van der Waals surface area (Å²) in [4.78, 5) is 15.9. The van der Waals surface area contributed by atoms with Crippen molar-refractivity contribution in [1.82, 2.24) is 4.98 Å². The quantitative estimate of drug-likeness (QED) is 0.711. The van der Waals surface area contributed by atoms with E-state index in [0.717, 1.165) is 30.5 Å². The van der Waals surface area contributed by atoms with Crippen LogP contribution in [0.25, 0.3) is 11.3 Å². The van der Waals surface area contributed by atoms with E-state index in [4.69, 9.17) is 10.7 Å². The SMILES string of the molecule is Cl.NC(=O)Cc1ccc(Cc2cc(-c3ccsc3)nc3c2CCC3)cc1. The van der Waals surface area contributed by atoms with Crippen molar-refractivity contribution in [1.29, 1.82) is 0 Å². The number of carbonyl (C=O) groups is 1. The van der Waals surface area contributed by atoms with E-state index in [0.29, 0.717) is 6.42 Å². The number of halogens is 1. The minimum atomic E-state index is -0.292. The molecule has 0 spiro atoms. The number of nitrogens with zero attached hydrogens (tertiary/aromatic N) is 1. The topological polar surface area (TPSA) is 56.0 Å². The summed E-state index contributed by atoms with van der Waals surface area (Å²) in [5, 5.41) is 4.26. The number of carbonyl (C=O) groups excluding carboxylic acids is 1. The van der Waals surface area contributed by atoms with Gasteiger partial charge in [0.1, 0.15) is 0 Å². The van der Waals surface area contributed by atoms with Crippen molar-refractivity contribution in [3.63, 3.8) is 0 Å². The number of hydrogen-bond donors (Lipinski definition) is 1. The Kier molecular flexibility index (Phi) is 5.74. The number of aromatic nitrogens is 1. The van der Waals surface area contributed by atoms with Crippen molar-refractivity contribution in [2.75, 3.05) is 0 Å². The van der Waals surface area contributed by atoms with Gasteiger partial charge in [0.25, 0.3) is 0 Å². The van der Waals surface area contributed by atoms with Crippen LogP contribution >= 0.6 is 23.7 Å². The van der Waals surface area contributed by atoms with Crippen molar-refractivity contribution in [3.8, 4) is 11.3 Å². The van der Waals surface area contributed by atoms with Crippen LogP contribution in [0.2, 0.25) is 0 Å². The van der Waals surface area contributed by atoms with Crippen LogP contribution in [-0.2, 0) is 30.5 Å². The Morgan fingerprint density at radius 2 is 1.88 bits per heavy atom. The smallest absolute Gasteiger partial charge is 0.221 e.